The van der Waals surface area contributed by atoms with Crippen molar-refractivity contribution < 1.29 is 14.3 Å². The molecule has 0 atom stereocenters. The normalized spacial score (nSPS) is 21.9. The molecule has 2 rings (SSSR count). The largest absolute Gasteiger partial charge is 0.465 e. The van der Waals surface area contributed by atoms with Crippen molar-refractivity contribution >= 4 is 17.6 Å². The first kappa shape index (κ1) is 12.6. The second kappa shape index (κ2) is 5.18. The molecule has 18 heavy (non-hydrogen) atoms. The number of rotatable bonds is 3. The minimum atomic E-state index is -0.462. The zero-order chi connectivity index (χ0) is 13.1. The fraction of sp³-hybridized carbons (Fsp3) is 0.385. The molecule has 1 amide bonds. The van der Waals surface area contributed by atoms with Gasteiger partial charge in [-0.2, -0.15) is 0 Å². The highest BCUT2D eigenvalue weighted by Gasteiger charge is 2.32. The van der Waals surface area contributed by atoms with E-state index in [0.717, 1.165) is 0 Å². The van der Waals surface area contributed by atoms with Crippen molar-refractivity contribution in [2.75, 3.05) is 12.4 Å². The number of hydrogen-bond acceptors (Lipinski definition) is 4. The standard InChI is InChI=1S/C13H16N2O3/c1-18-13(17)10-4-2-3-5-11(10)15-12(16)8-6-9(14)7-8/h2-5,8-9H,6-7,14H2,1H3,(H,15,16). The highest BCUT2D eigenvalue weighted by molar-refractivity contribution is 6.02. The molecule has 96 valence electrons. The Morgan fingerprint density at radius 2 is 2.00 bits per heavy atom. The Hall–Kier alpha value is -1.88. The molecule has 0 unspecified atom stereocenters. The second-order valence-electron chi connectivity index (χ2n) is 4.45. The molecule has 0 radical (unpaired) electrons. The summed E-state index contributed by atoms with van der Waals surface area (Å²) in [4.78, 5) is 23.4. The quantitative estimate of drug-likeness (QED) is 0.786. The van der Waals surface area contributed by atoms with E-state index in [9.17, 15) is 9.59 Å². The summed E-state index contributed by atoms with van der Waals surface area (Å²) >= 11 is 0. The summed E-state index contributed by atoms with van der Waals surface area (Å²) in [5.41, 5.74) is 6.49. The molecule has 1 aliphatic carbocycles. The van der Waals surface area contributed by atoms with Gasteiger partial charge in [0.1, 0.15) is 0 Å². The molecule has 1 aromatic rings. The van der Waals surface area contributed by atoms with Crippen LogP contribution < -0.4 is 11.1 Å². The van der Waals surface area contributed by atoms with Gasteiger partial charge >= 0.3 is 5.97 Å². The summed E-state index contributed by atoms with van der Waals surface area (Å²) in [6.07, 6.45) is 1.40. The smallest absolute Gasteiger partial charge is 0.339 e. The Morgan fingerprint density at radius 3 is 2.61 bits per heavy atom. The van der Waals surface area contributed by atoms with E-state index in [2.05, 4.69) is 10.1 Å². The number of anilines is 1. The second-order valence-corrected chi connectivity index (χ2v) is 4.45. The van der Waals surface area contributed by atoms with E-state index >= 15 is 0 Å². The maximum Gasteiger partial charge on any atom is 0.339 e. The maximum atomic E-state index is 11.9. The number of carbonyl (C=O) groups excluding carboxylic acids is 2. The van der Waals surface area contributed by atoms with Gasteiger partial charge in [0.2, 0.25) is 5.91 Å². The van der Waals surface area contributed by atoms with Crippen molar-refractivity contribution in [2.45, 2.75) is 18.9 Å². The van der Waals surface area contributed by atoms with Gasteiger partial charge < -0.3 is 15.8 Å². The van der Waals surface area contributed by atoms with Crippen molar-refractivity contribution in [3.8, 4) is 0 Å². The molecule has 1 fully saturated rings. The van der Waals surface area contributed by atoms with Crippen LogP contribution in [0.1, 0.15) is 23.2 Å². The van der Waals surface area contributed by atoms with Crippen molar-refractivity contribution in [1.29, 1.82) is 0 Å². The average molecular weight is 248 g/mol. The van der Waals surface area contributed by atoms with E-state index in [1.54, 1.807) is 24.3 Å². The van der Waals surface area contributed by atoms with E-state index < -0.39 is 5.97 Å². The molecule has 1 aromatic carbocycles. The SMILES string of the molecule is COC(=O)c1ccccc1NC(=O)C1CC(N)C1. The number of nitrogens with two attached hydrogens (primary N) is 1. The Labute approximate surface area is 105 Å². The third-order valence-electron chi connectivity index (χ3n) is 3.14. The number of ether oxygens (including phenoxy) is 1. The highest BCUT2D eigenvalue weighted by atomic mass is 16.5. The number of para-hydroxylation sites is 1. The molecule has 0 heterocycles. The Morgan fingerprint density at radius 1 is 1.33 bits per heavy atom. The van der Waals surface area contributed by atoms with Gasteiger partial charge in [0.15, 0.2) is 0 Å². The van der Waals surface area contributed by atoms with Gasteiger partial charge in [0.05, 0.1) is 18.4 Å². The van der Waals surface area contributed by atoms with E-state index in [1.165, 1.54) is 7.11 Å². The van der Waals surface area contributed by atoms with Crippen molar-refractivity contribution in [2.24, 2.45) is 11.7 Å². The van der Waals surface area contributed by atoms with Gasteiger partial charge in [-0.25, -0.2) is 4.79 Å². The van der Waals surface area contributed by atoms with Gasteiger partial charge in [0, 0.05) is 12.0 Å². The number of nitrogens with one attached hydrogen (secondary N) is 1. The maximum absolute atomic E-state index is 11.9. The van der Waals surface area contributed by atoms with E-state index in [4.69, 9.17) is 5.73 Å². The predicted octanol–water partition coefficient (Wildman–Crippen LogP) is 1.15. The molecule has 0 aliphatic heterocycles. The third kappa shape index (κ3) is 2.51. The van der Waals surface area contributed by atoms with Gasteiger partial charge in [-0.1, -0.05) is 12.1 Å². The first-order chi connectivity index (χ1) is 8.61. The number of hydrogen-bond donors (Lipinski definition) is 2. The van der Waals surface area contributed by atoms with Crippen LogP contribution in [-0.2, 0) is 9.53 Å². The number of methoxy groups -OCH3 is 1. The number of esters is 1. The van der Waals surface area contributed by atoms with Gasteiger partial charge in [0.25, 0.3) is 0 Å². The minimum Gasteiger partial charge on any atom is -0.465 e. The van der Waals surface area contributed by atoms with Crippen LogP contribution in [-0.4, -0.2) is 25.0 Å². The van der Waals surface area contributed by atoms with E-state index in [1.807, 2.05) is 0 Å². The predicted molar refractivity (Wildman–Crippen MR) is 67.1 cm³/mol. The van der Waals surface area contributed by atoms with Crippen LogP contribution in [0.3, 0.4) is 0 Å². The Kier molecular flexibility index (Phi) is 3.62. The van der Waals surface area contributed by atoms with Crippen LogP contribution in [0.4, 0.5) is 5.69 Å². The molecule has 5 heteroatoms. The first-order valence-electron chi connectivity index (χ1n) is 5.85. The first-order valence-corrected chi connectivity index (χ1v) is 5.85. The molecular formula is C13H16N2O3. The van der Waals surface area contributed by atoms with Crippen molar-refractivity contribution in [3.05, 3.63) is 29.8 Å². The molecule has 1 saturated carbocycles. The lowest BCUT2D eigenvalue weighted by molar-refractivity contribution is -0.122. The number of carbonyl (C=O) groups is 2. The van der Waals surface area contributed by atoms with Gasteiger partial charge in [-0.15, -0.1) is 0 Å². The topological polar surface area (TPSA) is 81.4 Å². The molecule has 0 spiro atoms. The fourth-order valence-electron chi connectivity index (χ4n) is 1.99. The highest BCUT2D eigenvalue weighted by Crippen LogP contribution is 2.27. The minimum absolute atomic E-state index is 0.0503. The van der Waals surface area contributed by atoms with Crippen molar-refractivity contribution in [1.82, 2.24) is 0 Å². The zero-order valence-electron chi connectivity index (χ0n) is 10.2. The Balaban J connectivity index is 2.09. The lowest BCUT2D eigenvalue weighted by atomic mass is 9.80. The summed E-state index contributed by atoms with van der Waals surface area (Å²) in [6, 6.07) is 6.91. The van der Waals surface area contributed by atoms with Crippen LogP contribution >= 0.6 is 0 Å². The molecule has 0 aromatic heterocycles. The summed E-state index contributed by atoms with van der Waals surface area (Å²) in [7, 11) is 1.31. The summed E-state index contributed by atoms with van der Waals surface area (Å²) in [6.45, 7) is 0. The Bertz CT molecular complexity index is 467. The van der Waals surface area contributed by atoms with Gasteiger partial charge in [-0.05, 0) is 25.0 Å². The monoisotopic (exact) mass is 248 g/mol. The van der Waals surface area contributed by atoms with Gasteiger partial charge in [-0.3, -0.25) is 4.79 Å². The number of benzene rings is 1. The molecule has 5 nitrogen and oxygen atoms in total. The van der Waals surface area contributed by atoms with E-state index in [-0.39, 0.29) is 17.9 Å². The number of amides is 1. The van der Waals surface area contributed by atoms with E-state index in [0.29, 0.717) is 24.1 Å². The molecule has 3 N–H and O–H groups in total. The zero-order valence-corrected chi connectivity index (χ0v) is 10.2. The molecule has 0 bridgehead atoms. The van der Waals surface area contributed by atoms with Crippen LogP contribution in [0.5, 0.6) is 0 Å². The molecule has 0 saturated heterocycles. The van der Waals surface area contributed by atoms with Crippen molar-refractivity contribution in [3.63, 3.8) is 0 Å². The lowest BCUT2D eigenvalue weighted by Crippen LogP contribution is -2.42. The summed E-state index contributed by atoms with van der Waals surface area (Å²) in [5, 5.41) is 2.75. The van der Waals surface area contributed by atoms with Crippen LogP contribution in [0.2, 0.25) is 0 Å². The molecular weight excluding hydrogens is 232 g/mol. The van der Waals surface area contributed by atoms with Crippen LogP contribution in [0.25, 0.3) is 0 Å². The molecule has 1 aliphatic rings. The van der Waals surface area contributed by atoms with Crippen LogP contribution in [0, 0.1) is 5.92 Å². The van der Waals surface area contributed by atoms with Crippen LogP contribution in [0.15, 0.2) is 24.3 Å². The summed E-state index contributed by atoms with van der Waals surface area (Å²) < 4.78 is 4.67. The lowest BCUT2D eigenvalue weighted by Gasteiger charge is -2.31. The fourth-order valence-corrected chi connectivity index (χ4v) is 1.99. The average Bonchev–Trinajstić information content (AvgIpc) is 2.34. The third-order valence-corrected chi connectivity index (χ3v) is 3.14. The summed E-state index contributed by atoms with van der Waals surface area (Å²) in [5.74, 6) is -0.602.